The third-order valence-corrected chi connectivity index (χ3v) is 4.70. The van der Waals surface area contributed by atoms with Gasteiger partial charge in [-0.2, -0.15) is 5.26 Å². The van der Waals surface area contributed by atoms with Crippen LogP contribution in [-0.2, 0) is 9.53 Å². The van der Waals surface area contributed by atoms with Gasteiger partial charge >= 0.3 is 5.97 Å². The second-order valence-electron chi connectivity index (χ2n) is 6.96. The van der Waals surface area contributed by atoms with Gasteiger partial charge in [-0.1, -0.05) is 44.2 Å². The Bertz CT molecular complexity index is 803. The van der Waals surface area contributed by atoms with Gasteiger partial charge in [0.05, 0.1) is 24.3 Å². The summed E-state index contributed by atoms with van der Waals surface area (Å²) < 4.78 is 11.2. The second-order valence-corrected chi connectivity index (χ2v) is 6.96. The molecule has 0 saturated heterocycles. The molecule has 0 spiro atoms. The van der Waals surface area contributed by atoms with Gasteiger partial charge in [0.1, 0.15) is 5.75 Å². The molecule has 0 radical (unpaired) electrons. The number of ether oxygens (including phenoxy) is 2. The number of hydrogen-bond donors (Lipinski definition) is 0. The summed E-state index contributed by atoms with van der Waals surface area (Å²) in [5.41, 5.74) is 2.84. The number of benzene rings is 2. The predicted molar refractivity (Wildman–Crippen MR) is 116 cm³/mol. The highest BCUT2D eigenvalue weighted by atomic mass is 16.5. The molecule has 0 heterocycles. The van der Waals surface area contributed by atoms with Crippen LogP contribution < -0.4 is 4.74 Å². The molecule has 0 aliphatic carbocycles. The maximum absolute atomic E-state index is 11.0. The highest BCUT2D eigenvalue weighted by Crippen LogP contribution is 2.24. The van der Waals surface area contributed by atoms with E-state index in [4.69, 9.17) is 14.7 Å². The minimum atomic E-state index is -0.360. The molecule has 1 atom stereocenters. The highest BCUT2D eigenvalue weighted by Gasteiger charge is 2.10. The molecule has 0 amide bonds. The average molecular weight is 392 g/mol. The van der Waals surface area contributed by atoms with Crippen LogP contribution in [0.3, 0.4) is 0 Å². The number of nitrogens with zero attached hydrogens (tertiary/aromatic N) is 1. The summed E-state index contributed by atoms with van der Waals surface area (Å²) in [5.74, 6) is 0.516. The van der Waals surface area contributed by atoms with Crippen molar-refractivity contribution in [1.29, 1.82) is 5.26 Å². The average Bonchev–Trinajstić information content (AvgIpc) is 2.76. The maximum atomic E-state index is 11.0. The first kappa shape index (κ1) is 22.2. The molecule has 0 aliphatic rings. The maximum Gasteiger partial charge on any atom is 0.330 e. The van der Waals surface area contributed by atoms with Crippen LogP contribution in [0.1, 0.15) is 51.0 Å². The van der Waals surface area contributed by atoms with E-state index in [2.05, 4.69) is 19.6 Å². The topological polar surface area (TPSA) is 59.3 Å². The Hall–Kier alpha value is -3.06. The van der Waals surface area contributed by atoms with E-state index in [9.17, 15) is 4.79 Å². The first-order valence-corrected chi connectivity index (χ1v) is 10.2. The Labute approximate surface area is 173 Å². The van der Waals surface area contributed by atoms with Gasteiger partial charge in [-0.05, 0) is 67.5 Å². The molecule has 2 rings (SSSR count). The molecule has 29 heavy (non-hydrogen) atoms. The minimum Gasteiger partial charge on any atom is -0.490 e. The Morgan fingerprint density at radius 1 is 1.03 bits per heavy atom. The summed E-state index contributed by atoms with van der Waals surface area (Å²) in [7, 11) is 0. The van der Waals surface area contributed by atoms with Gasteiger partial charge in [-0.3, -0.25) is 0 Å². The van der Waals surface area contributed by atoms with Crippen molar-refractivity contribution in [3.8, 4) is 22.9 Å². The number of esters is 1. The van der Waals surface area contributed by atoms with Crippen LogP contribution in [0.4, 0.5) is 0 Å². The van der Waals surface area contributed by atoms with Crippen LogP contribution in [-0.4, -0.2) is 18.7 Å². The Morgan fingerprint density at radius 3 is 2.28 bits per heavy atom. The molecule has 1 unspecified atom stereocenters. The van der Waals surface area contributed by atoms with Crippen molar-refractivity contribution in [2.75, 3.05) is 6.61 Å². The molecule has 0 aliphatic heterocycles. The molecule has 152 valence electrons. The van der Waals surface area contributed by atoms with Crippen LogP contribution in [0.25, 0.3) is 11.1 Å². The molecule has 4 heteroatoms. The molecule has 0 aromatic heterocycles. The monoisotopic (exact) mass is 391 g/mol. The van der Waals surface area contributed by atoms with E-state index in [0.717, 1.165) is 55.4 Å². The normalized spacial score (nSPS) is 11.3. The molecule has 0 saturated carbocycles. The van der Waals surface area contributed by atoms with E-state index < -0.39 is 0 Å². The zero-order valence-electron chi connectivity index (χ0n) is 17.1. The van der Waals surface area contributed by atoms with Crippen molar-refractivity contribution >= 4 is 5.97 Å². The lowest BCUT2D eigenvalue weighted by molar-refractivity contribution is -0.137. The number of carbonyl (C=O) groups excluding carboxylic acids is 1. The van der Waals surface area contributed by atoms with Crippen LogP contribution in [0.5, 0.6) is 5.75 Å². The number of rotatable bonds is 12. The van der Waals surface area contributed by atoms with Crippen LogP contribution >= 0.6 is 0 Å². The van der Waals surface area contributed by atoms with Gasteiger partial charge in [0.2, 0.25) is 0 Å². The number of hydrogen-bond acceptors (Lipinski definition) is 4. The zero-order valence-corrected chi connectivity index (χ0v) is 17.1. The van der Waals surface area contributed by atoms with Gasteiger partial charge < -0.3 is 9.47 Å². The molecule has 2 aromatic carbocycles. The van der Waals surface area contributed by atoms with Gasteiger partial charge in [0, 0.05) is 6.08 Å². The molecule has 2 aromatic rings. The highest BCUT2D eigenvalue weighted by molar-refractivity contribution is 5.81. The zero-order chi connectivity index (χ0) is 20.9. The van der Waals surface area contributed by atoms with Crippen molar-refractivity contribution in [3.63, 3.8) is 0 Å². The molecular weight excluding hydrogens is 362 g/mol. The summed E-state index contributed by atoms with van der Waals surface area (Å²) in [6, 6.07) is 17.8. The first-order chi connectivity index (χ1) is 14.2. The van der Waals surface area contributed by atoms with Crippen molar-refractivity contribution in [2.45, 2.75) is 51.6 Å². The van der Waals surface area contributed by atoms with Crippen molar-refractivity contribution in [1.82, 2.24) is 0 Å². The molecular formula is C25H29NO3. The fraction of sp³-hybridized carbons (Fsp3) is 0.360. The molecule has 0 N–H and O–H groups in total. The van der Waals surface area contributed by atoms with Crippen LogP contribution in [0.15, 0.2) is 61.2 Å². The van der Waals surface area contributed by atoms with E-state index in [1.807, 2.05) is 48.5 Å². The van der Waals surface area contributed by atoms with Gasteiger partial charge in [-0.25, -0.2) is 4.79 Å². The Balaban J connectivity index is 1.82. The standard InChI is InChI=1S/C25H29NO3/c1-3-8-23(9-6-5-7-18-28-25(27)4-2)29-24-16-14-22(15-17-24)21-12-10-20(19-26)11-13-21/h4,10-17,23H,2-3,5-9,18H2,1H3. The summed E-state index contributed by atoms with van der Waals surface area (Å²) in [4.78, 5) is 11.0. The van der Waals surface area contributed by atoms with E-state index in [1.54, 1.807) is 0 Å². The van der Waals surface area contributed by atoms with Crippen molar-refractivity contribution in [2.24, 2.45) is 0 Å². The van der Waals surface area contributed by atoms with E-state index >= 15 is 0 Å². The van der Waals surface area contributed by atoms with Gasteiger partial charge in [0.25, 0.3) is 0 Å². The third-order valence-electron chi connectivity index (χ3n) is 4.70. The number of unbranched alkanes of at least 4 members (excludes halogenated alkanes) is 2. The van der Waals surface area contributed by atoms with Crippen LogP contribution in [0.2, 0.25) is 0 Å². The molecule has 0 bridgehead atoms. The summed E-state index contributed by atoms with van der Waals surface area (Å²) in [5, 5.41) is 8.91. The van der Waals surface area contributed by atoms with Crippen molar-refractivity contribution in [3.05, 3.63) is 66.7 Å². The quantitative estimate of drug-likeness (QED) is 0.251. The van der Waals surface area contributed by atoms with Gasteiger partial charge in [0.15, 0.2) is 0 Å². The fourth-order valence-corrected chi connectivity index (χ4v) is 3.12. The number of nitriles is 1. The smallest absolute Gasteiger partial charge is 0.330 e. The Kier molecular flexibility index (Phi) is 9.51. The van der Waals surface area contributed by atoms with Crippen molar-refractivity contribution < 1.29 is 14.3 Å². The SMILES string of the molecule is C=CC(=O)OCCCCCC(CCC)Oc1ccc(-c2ccc(C#N)cc2)cc1. The number of carbonyl (C=O) groups is 1. The summed E-state index contributed by atoms with van der Waals surface area (Å²) in [6.07, 6.45) is 7.37. The largest absolute Gasteiger partial charge is 0.490 e. The van der Waals surface area contributed by atoms with E-state index in [1.165, 1.54) is 6.08 Å². The second kappa shape index (κ2) is 12.4. The summed E-state index contributed by atoms with van der Waals surface area (Å²) in [6.45, 7) is 6.00. The van der Waals surface area contributed by atoms with E-state index in [-0.39, 0.29) is 12.1 Å². The first-order valence-electron chi connectivity index (χ1n) is 10.2. The minimum absolute atomic E-state index is 0.191. The molecule has 4 nitrogen and oxygen atoms in total. The molecule has 0 fully saturated rings. The fourth-order valence-electron chi connectivity index (χ4n) is 3.12. The lowest BCUT2D eigenvalue weighted by atomic mass is 10.0. The third kappa shape index (κ3) is 7.83. The van der Waals surface area contributed by atoms with Gasteiger partial charge in [-0.15, -0.1) is 0 Å². The lowest BCUT2D eigenvalue weighted by Gasteiger charge is -2.19. The predicted octanol–water partition coefficient (Wildman–Crippen LogP) is 6.06. The van der Waals surface area contributed by atoms with E-state index in [0.29, 0.717) is 12.2 Å². The summed E-state index contributed by atoms with van der Waals surface area (Å²) >= 11 is 0. The Morgan fingerprint density at radius 2 is 1.69 bits per heavy atom. The lowest BCUT2D eigenvalue weighted by Crippen LogP contribution is -2.16. The van der Waals surface area contributed by atoms with Crippen LogP contribution in [0, 0.1) is 11.3 Å².